The number of hydrogen-bond acceptors (Lipinski definition) is 7. The second-order valence-corrected chi connectivity index (χ2v) is 10.8. The van der Waals surface area contributed by atoms with Gasteiger partial charge in [0.25, 0.3) is 0 Å². The number of hydroxylamine groups is 1. The van der Waals surface area contributed by atoms with E-state index in [-0.39, 0.29) is 39.3 Å². The number of unbranched alkanes of at least 4 members (excludes halogenated alkanes) is 5. The molecule has 10 nitrogen and oxygen atoms in total. The van der Waals surface area contributed by atoms with Crippen molar-refractivity contribution in [1.29, 1.82) is 0 Å². The highest BCUT2D eigenvalue weighted by molar-refractivity contribution is 5.90. The van der Waals surface area contributed by atoms with Crippen molar-refractivity contribution in [2.45, 2.75) is 77.5 Å². The van der Waals surface area contributed by atoms with Gasteiger partial charge in [-0.3, -0.25) is 9.63 Å². The van der Waals surface area contributed by atoms with Gasteiger partial charge in [-0.1, -0.05) is 106 Å². The SMILES string of the molecule is CCCCCCCC[C@H](CC(=O)NOCc1ccccc1)C(=O)[N@+]1(C(=O)O)CCNCC1C(=O)OCc1ccccc1. The predicted octanol–water partition coefficient (Wildman–Crippen LogP) is 4.73. The van der Waals surface area contributed by atoms with E-state index >= 15 is 0 Å². The maximum absolute atomic E-state index is 14.2. The first kappa shape index (κ1) is 32.9. The van der Waals surface area contributed by atoms with E-state index < -0.39 is 40.3 Å². The lowest BCUT2D eigenvalue weighted by molar-refractivity contribution is -0.804. The van der Waals surface area contributed by atoms with E-state index in [1.54, 1.807) is 12.1 Å². The third kappa shape index (κ3) is 9.47. The Hall–Kier alpha value is -3.60. The molecule has 1 fully saturated rings. The molecule has 3 rings (SSSR count). The van der Waals surface area contributed by atoms with Crippen LogP contribution in [0, 0.1) is 5.92 Å². The number of carbonyl (C=O) groups is 4. The molecule has 0 aromatic heterocycles. The number of piperazine rings is 1. The van der Waals surface area contributed by atoms with E-state index in [9.17, 15) is 24.3 Å². The Bertz CT molecular complexity index is 1150. The summed E-state index contributed by atoms with van der Waals surface area (Å²) in [5, 5.41) is 13.5. The Labute approximate surface area is 247 Å². The number of rotatable bonds is 16. The maximum atomic E-state index is 14.2. The number of benzene rings is 2. The van der Waals surface area contributed by atoms with Gasteiger partial charge in [-0.2, -0.15) is 4.79 Å². The Morgan fingerprint density at radius 3 is 2.19 bits per heavy atom. The quantitative estimate of drug-likeness (QED) is 0.112. The minimum absolute atomic E-state index is 0.0260. The molecule has 228 valence electrons. The van der Waals surface area contributed by atoms with Gasteiger partial charge >= 0.3 is 18.0 Å². The van der Waals surface area contributed by atoms with Gasteiger partial charge < -0.3 is 15.2 Å². The van der Waals surface area contributed by atoms with Gasteiger partial charge in [0, 0.05) is 13.0 Å². The first-order chi connectivity index (χ1) is 20.4. The second kappa shape index (κ2) is 17.4. The number of nitrogens with one attached hydrogen (secondary N) is 2. The lowest BCUT2D eigenvalue weighted by Gasteiger charge is -2.40. The van der Waals surface area contributed by atoms with Crippen molar-refractivity contribution in [3.05, 3.63) is 71.8 Å². The van der Waals surface area contributed by atoms with Crippen LogP contribution in [0.1, 0.15) is 69.4 Å². The molecule has 0 saturated carbocycles. The summed E-state index contributed by atoms with van der Waals surface area (Å²) < 4.78 is 4.41. The number of esters is 1. The molecule has 42 heavy (non-hydrogen) atoms. The minimum atomic E-state index is -1.42. The van der Waals surface area contributed by atoms with Crippen LogP contribution in [0.25, 0.3) is 0 Å². The molecular formula is C32H44N3O7+. The summed E-state index contributed by atoms with van der Waals surface area (Å²) in [6.07, 6.45) is 4.53. The molecule has 1 heterocycles. The number of hydrogen-bond donors (Lipinski definition) is 3. The zero-order chi connectivity index (χ0) is 30.2. The van der Waals surface area contributed by atoms with Crippen LogP contribution in [0.15, 0.2) is 60.7 Å². The summed E-state index contributed by atoms with van der Waals surface area (Å²) in [6.45, 7) is 2.33. The molecule has 3 N–H and O–H groups in total. The largest absolute Gasteiger partial charge is 0.521 e. The molecule has 1 saturated heterocycles. The number of amides is 3. The first-order valence-electron chi connectivity index (χ1n) is 14.9. The van der Waals surface area contributed by atoms with Gasteiger partial charge in [0.05, 0.1) is 19.1 Å². The van der Waals surface area contributed by atoms with Crippen LogP contribution >= 0.6 is 0 Å². The molecule has 2 aromatic rings. The van der Waals surface area contributed by atoms with Crippen LogP contribution in [0.5, 0.6) is 0 Å². The van der Waals surface area contributed by atoms with E-state index in [2.05, 4.69) is 17.7 Å². The van der Waals surface area contributed by atoms with E-state index in [4.69, 9.17) is 9.57 Å². The molecule has 3 atom stereocenters. The highest BCUT2D eigenvalue weighted by atomic mass is 16.6. The molecule has 3 amide bonds. The standard InChI is InChI=1S/C32H43N3O7/c1-2-3-4-5-6-13-18-27(21-29(36)34-42-24-26-16-11-8-12-17-26)30(37)35(32(39)40)20-19-33-22-28(35)31(38)41-23-25-14-9-7-10-15-25/h7-12,14-17,27-28,33H,2-6,13,18-24H2,1H3,(H-,34,36,39,40)/p+1/t27-,28?,35+/m1/s1. The number of carboxylic acid groups (broad SMARTS) is 1. The summed E-state index contributed by atoms with van der Waals surface area (Å²) in [5.41, 5.74) is 4.02. The molecule has 1 unspecified atom stereocenters. The van der Waals surface area contributed by atoms with Crippen LogP contribution in [0.2, 0.25) is 0 Å². The van der Waals surface area contributed by atoms with Gasteiger partial charge in [0.2, 0.25) is 11.9 Å². The number of carbonyl (C=O) groups excluding carboxylic acids is 3. The highest BCUT2D eigenvalue weighted by Gasteiger charge is 2.58. The number of ether oxygens (including phenoxy) is 1. The van der Waals surface area contributed by atoms with Gasteiger partial charge in [-0.05, 0) is 17.5 Å². The van der Waals surface area contributed by atoms with E-state index in [0.29, 0.717) is 12.8 Å². The topological polar surface area (TPSA) is 131 Å². The lowest BCUT2D eigenvalue weighted by Crippen LogP contribution is -2.73. The summed E-state index contributed by atoms with van der Waals surface area (Å²) in [4.78, 5) is 58.6. The Morgan fingerprint density at radius 1 is 0.929 bits per heavy atom. The summed E-state index contributed by atoms with van der Waals surface area (Å²) >= 11 is 0. The number of quaternary nitrogens is 1. The van der Waals surface area contributed by atoms with Gasteiger partial charge in [0.1, 0.15) is 13.2 Å². The average Bonchev–Trinajstić information content (AvgIpc) is 3.01. The van der Waals surface area contributed by atoms with Gasteiger partial charge in [-0.15, -0.1) is 4.48 Å². The first-order valence-corrected chi connectivity index (χ1v) is 14.9. The van der Waals surface area contributed by atoms with Crippen molar-refractivity contribution in [3.8, 4) is 0 Å². The zero-order valence-corrected chi connectivity index (χ0v) is 24.5. The Balaban J connectivity index is 1.74. The molecule has 0 radical (unpaired) electrons. The van der Waals surface area contributed by atoms with Crippen LogP contribution in [0.3, 0.4) is 0 Å². The van der Waals surface area contributed by atoms with Crippen molar-refractivity contribution >= 4 is 23.9 Å². The van der Waals surface area contributed by atoms with Crippen molar-refractivity contribution in [2.24, 2.45) is 5.92 Å². The molecule has 0 aliphatic carbocycles. The lowest BCUT2D eigenvalue weighted by atomic mass is 9.92. The van der Waals surface area contributed by atoms with Gasteiger partial charge in [-0.25, -0.2) is 15.1 Å². The van der Waals surface area contributed by atoms with Crippen molar-refractivity contribution < 1.29 is 38.3 Å². The maximum Gasteiger partial charge on any atom is 0.521 e. The van der Waals surface area contributed by atoms with Crippen LogP contribution in [-0.4, -0.2) is 59.1 Å². The fourth-order valence-corrected chi connectivity index (χ4v) is 5.33. The minimum Gasteiger partial charge on any atom is -0.456 e. The fourth-order valence-electron chi connectivity index (χ4n) is 5.33. The normalized spacial score (nSPS) is 19.0. The van der Waals surface area contributed by atoms with Crippen LogP contribution in [0.4, 0.5) is 4.79 Å². The molecule has 1 aliphatic rings. The Kier molecular flexibility index (Phi) is 13.6. The monoisotopic (exact) mass is 582 g/mol. The summed E-state index contributed by atoms with van der Waals surface area (Å²) in [6, 6.07) is 17.1. The van der Waals surface area contributed by atoms with Crippen molar-refractivity contribution in [2.75, 3.05) is 19.6 Å². The van der Waals surface area contributed by atoms with Gasteiger partial charge in [0.15, 0.2) is 0 Å². The van der Waals surface area contributed by atoms with Crippen LogP contribution < -0.4 is 10.8 Å². The van der Waals surface area contributed by atoms with Crippen molar-refractivity contribution in [3.63, 3.8) is 0 Å². The molecule has 1 aliphatic heterocycles. The van der Waals surface area contributed by atoms with Crippen molar-refractivity contribution in [1.82, 2.24) is 10.8 Å². The predicted molar refractivity (Wildman–Crippen MR) is 157 cm³/mol. The Morgan fingerprint density at radius 2 is 1.55 bits per heavy atom. The fraction of sp³-hybridized carbons (Fsp3) is 0.500. The third-order valence-corrected chi connectivity index (χ3v) is 7.70. The molecular weight excluding hydrogens is 538 g/mol. The van der Waals surface area contributed by atoms with E-state index in [1.807, 2.05) is 48.5 Å². The molecule has 10 heteroatoms. The molecule has 0 spiro atoms. The molecule has 2 aromatic carbocycles. The van der Waals surface area contributed by atoms with E-state index in [0.717, 1.165) is 43.2 Å². The molecule has 0 bridgehead atoms. The second-order valence-electron chi connectivity index (χ2n) is 10.8. The third-order valence-electron chi connectivity index (χ3n) is 7.70. The average molecular weight is 583 g/mol. The van der Waals surface area contributed by atoms with Crippen LogP contribution in [-0.2, 0) is 37.2 Å². The van der Waals surface area contributed by atoms with E-state index in [1.165, 1.54) is 0 Å². The summed E-state index contributed by atoms with van der Waals surface area (Å²) in [5.74, 6) is -2.85. The number of nitrogens with zero attached hydrogens (tertiary/aromatic N) is 1. The smallest absolute Gasteiger partial charge is 0.456 e. The highest BCUT2D eigenvalue weighted by Crippen LogP contribution is 2.28. The number of imide groups is 1. The zero-order valence-electron chi connectivity index (χ0n) is 24.5. The summed E-state index contributed by atoms with van der Waals surface area (Å²) in [7, 11) is 0.